The first-order valence-corrected chi connectivity index (χ1v) is 7.32. The first-order valence-electron chi connectivity index (χ1n) is 7.32. The van der Waals surface area contributed by atoms with Gasteiger partial charge in [0, 0.05) is 17.7 Å². The summed E-state index contributed by atoms with van der Waals surface area (Å²) in [6, 6.07) is 8.02. The zero-order chi connectivity index (χ0) is 14.7. The fourth-order valence-corrected chi connectivity index (χ4v) is 2.64. The van der Waals surface area contributed by atoms with Crippen molar-refractivity contribution in [3.63, 3.8) is 0 Å². The third kappa shape index (κ3) is 4.00. The Morgan fingerprint density at radius 1 is 1.36 bits per heavy atom. The van der Waals surface area contributed by atoms with Crippen molar-refractivity contribution in [2.75, 3.05) is 5.32 Å². The summed E-state index contributed by atoms with van der Waals surface area (Å²) < 4.78 is 5.37. The number of rotatable bonds is 3. The fraction of sp³-hybridized carbons (Fsp3) is 0.375. The van der Waals surface area contributed by atoms with Crippen LogP contribution in [0, 0.1) is 6.92 Å². The number of aliphatic imine (C=N–C) groups is 1. The van der Waals surface area contributed by atoms with Crippen molar-refractivity contribution >= 4 is 35.6 Å². The Kier molecular flexibility index (Phi) is 5.82. The van der Waals surface area contributed by atoms with Crippen molar-refractivity contribution in [2.24, 2.45) is 10.7 Å². The van der Waals surface area contributed by atoms with Crippen LogP contribution in [0.1, 0.15) is 35.4 Å². The summed E-state index contributed by atoms with van der Waals surface area (Å²) in [4.78, 5) is 4.36. The Labute approximate surface area is 147 Å². The maximum absolute atomic E-state index is 5.93. The van der Waals surface area contributed by atoms with Gasteiger partial charge in [-0.25, -0.2) is 4.99 Å². The van der Waals surface area contributed by atoms with Gasteiger partial charge in [0.05, 0.1) is 6.54 Å². The van der Waals surface area contributed by atoms with E-state index < -0.39 is 0 Å². The van der Waals surface area contributed by atoms with Crippen LogP contribution in [0.5, 0.6) is 0 Å². The summed E-state index contributed by atoms with van der Waals surface area (Å²) in [6.07, 6.45) is 4.40. The molecule has 118 valence electrons. The second-order valence-corrected chi connectivity index (χ2v) is 5.43. The summed E-state index contributed by atoms with van der Waals surface area (Å²) in [5.41, 5.74) is 10.2. The molecule has 3 N–H and O–H groups in total. The van der Waals surface area contributed by atoms with Gasteiger partial charge >= 0.3 is 0 Å². The smallest absolute Gasteiger partial charge is 0.193 e. The van der Waals surface area contributed by atoms with E-state index in [1.165, 1.54) is 24.0 Å². The number of hydrogen-bond acceptors (Lipinski definition) is 3. The van der Waals surface area contributed by atoms with Crippen LogP contribution in [-0.2, 0) is 19.4 Å². The van der Waals surface area contributed by atoms with Gasteiger partial charge in [-0.1, -0.05) is 17.3 Å². The third-order valence-electron chi connectivity index (χ3n) is 3.72. The Morgan fingerprint density at radius 3 is 3.00 bits per heavy atom. The molecule has 0 spiro atoms. The van der Waals surface area contributed by atoms with Gasteiger partial charge in [-0.3, -0.25) is 0 Å². The molecule has 1 heterocycles. The van der Waals surface area contributed by atoms with Gasteiger partial charge in [0.15, 0.2) is 5.96 Å². The van der Waals surface area contributed by atoms with E-state index in [1.807, 2.05) is 31.2 Å². The van der Waals surface area contributed by atoms with Crippen LogP contribution in [0.15, 0.2) is 33.8 Å². The zero-order valence-electron chi connectivity index (χ0n) is 12.6. The van der Waals surface area contributed by atoms with Gasteiger partial charge in [0.25, 0.3) is 0 Å². The molecule has 1 aromatic carbocycles. The highest BCUT2D eigenvalue weighted by molar-refractivity contribution is 14.0. The lowest BCUT2D eigenvalue weighted by molar-refractivity contribution is 0.368. The molecule has 0 aliphatic heterocycles. The Hall–Kier alpha value is -1.57. The maximum Gasteiger partial charge on any atom is 0.193 e. The van der Waals surface area contributed by atoms with E-state index in [0.29, 0.717) is 12.5 Å². The molecule has 0 bridgehead atoms. The number of nitrogens with zero attached hydrogens (tertiary/aromatic N) is 2. The highest BCUT2D eigenvalue weighted by atomic mass is 127. The first-order chi connectivity index (χ1) is 10.2. The molecule has 5 nitrogen and oxygen atoms in total. The lowest BCUT2D eigenvalue weighted by Crippen LogP contribution is -2.22. The summed E-state index contributed by atoms with van der Waals surface area (Å²) in [5, 5.41) is 7.22. The number of nitrogens with two attached hydrogens (primary N) is 1. The monoisotopic (exact) mass is 412 g/mol. The van der Waals surface area contributed by atoms with Crippen molar-refractivity contribution in [3.8, 4) is 0 Å². The molecule has 0 unspecified atom stereocenters. The summed E-state index contributed by atoms with van der Waals surface area (Å²) >= 11 is 0. The van der Waals surface area contributed by atoms with E-state index in [0.717, 1.165) is 30.0 Å². The molecule has 3 rings (SSSR count). The predicted molar refractivity (Wildman–Crippen MR) is 98.7 cm³/mol. The van der Waals surface area contributed by atoms with Crippen LogP contribution in [0.25, 0.3) is 0 Å². The quantitative estimate of drug-likeness (QED) is 0.460. The van der Waals surface area contributed by atoms with E-state index in [2.05, 4.69) is 15.5 Å². The SMILES string of the molecule is Cc1cccc(NC(N)=NCc2noc3c2CCCC3)c1.I. The number of aryl methyl sites for hydroxylation is 2. The molecule has 2 aromatic rings. The molecule has 6 heteroatoms. The topological polar surface area (TPSA) is 76.4 Å². The Bertz CT molecular complexity index is 666. The Balaban J connectivity index is 0.00000176. The van der Waals surface area contributed by atoms with Crippen molar-refractivity contribution in [1.82, 2.24) is 5.16 Å². The highest BCUT2D eigenvalue weighted by Crippen LogP contribution is 2.24. The van der Waals surface area contributed by atoms with Crippen LogP contribution in [-0.4, -0.2) is 11.1 Å². The van der Waals surface area contributed by atoms with Crippen molar-refractivity contribution in [1.29, 1.82) is 0 Å². The second kappa shape index (κ2) is 7.62. The number of anilines is 1. The van der Waals surface area contributed by atoms with E-state index in [-0.39, 0.29) is 24.0 Å². The van der Waals surface area contributed by atoms with Crippen molar-refractivity contribution in [3.05, 3.63) is 46.8 Å². The summed E-state index contributed by atoms with van der Waals surface area (Å²) in [7, 11) is 0. The van der Waals surface area contributed by atoms with E-state index in [9.17, 15) is 0 Å². The molecule has 0 saturated carbocycles. The number of benzene rings is 1. The normalized spacial score (nSPS) is 14.1. The summed E-state index contributed by atoms with van der Waals surface area (Å²) in [5.74, 6) is 1.42. The van der Waals surface area contributed by atoms with Gasteiger partial charge in [0.1, 0.15) is 11.5 Å². The predicted octanol–water partition coefficient (Wildman–Crippen LogP) is 3.41. The largest absolute Gasteiger partial charge is 0.370 e. The number of guanidine groups is 1. The zero-order valence-corrected chi connectivity index (χ0v) is 15.0. The Morgan fingerprint density at radius 2 is 2.18 bits per heavy atom. The minimum atomic E-state index is 0. The molecular weight excluding hydrogens is 391 g/mol. The van der Waals surface area contributed by atoms with Crippen LogP contribution in [0.2, 0.25) is 0 Å². The van der Waals surface area contributed by atoms with Crippen LogP contribution >= 0.6 is 24.0 Å². The first kappa shape index (κ1) is 16.8. The fourth-order valence-electron chi connectivity index (χ4n) is 2.64. The second-order valence-electron chi connectivity index (χ2n) is 5.43. The van der Waals surface area contributed by atoms with E-state index in [1.54, 1.807) is 0 Å². The molecule has 0 atom stereocenters. The number of fused-ring (bicyclic) bond motifs is 1. The molecule has 0 saturated heterocycles. The minimum absolute atomic E-state index is 0. The molecule has 1 aliphatic carbocycles. The van der Waals surface area contributed by atoms with E-state index in [4.69, 9.17) is 10.3 Å². The van der Waals surface area contributed by atoms with Gasteiger partial charge in [-0.05, 0) is 43.9 Å². The van der Waals surface area contributed by atoms with Crippen LogP contribution < -0.4 is 11.1 Å². The van der Waals surface area contributed by atoms with Crippen LogP contribution in [0.3, 0.4) is 0 Å². The molecule has 1 aromatic heterocycles. The van der Waals surface area contributed by atoms with Crippen LogP contribution in [0.4, 0.5) is 5.69 Å². The molecule has 0 radical (unpaired) electrons. The van der Waals surface area contributed by atoms with E-state index >= 15 is 0 Å². The summed E-state index contributed by atoms with van der Waals surface area (Å²) in [6.45, 7) is 2.50. The molecule has 1 aliphatic rings. The highest BCUT2D eigenvalue weighted by Gasteiger charge is 2.18. The number of nitrogens with one attached hydrogen (secondary N) is 1. The van der Waals surface area contributed by atoms with Gasteiger partial charge in [-0.15, -0.1) is 24.0 Å². The lowest BCUT2D eigenvalue weighted by Gasteiger charge is -2.09. The number of aromatic nitrogens is 1. The average Bonchev–Trinajstić information content (AvgIpc) is 2.88. The standard InChI is InChI=1S/C16H20N4O.HI/c1-11-5-4-6-12(9-11)19-16(17)18-10-14-13-7-2-3-8-15(13)21-20-14;/h4-6,9H,2-3,7-8,10H2,1H3,(H3,17,18,19);1H. The molecule has 0 fully saturated rings. The third-order valence-corrected chi connectivity index (χ3v) is 3.72. The van der Waals surface area contributed by atoms with Gasteiger partial charge in [0.2, 0.25) is 0 Å². The van der Waals surface area contributed by atoms with Crippen molar-refractivity contribution < 1.29 is 4.52 Å². The molecular formula is C16H21IN4O. The number of halogens is 1. The minimum Gasteiger partial charge on any atom is -0.370 e. The van der Waals surface area contributed by atoms with Crippen molar-refractivity contribution in [2.45, 2.75) is 39.2 Å². The maximum atomic E-state index is 5.93. The average molecular weight is 412 g/mol. The van der Waals surface area contributed by atoms with Gasteiger partial charge < -0.3 is 15.6 Å². The number of hydrogen-bond donors (Lipinski definition) is 2. The lowest BCUT2D eigenvalue weighted by atomic mass is 9.96. The molecule has 0 amide bonds. The van der Waals surface area contributed by atoms with Gasteiger partial charge in [-0.2, -0.15) is 0 Å². The molecule has 22 heavy (non-hydrogen) atoms.